The van der Waals surface area contributed by atoms with Crippen molar-refractivity contribution >= 4 is 15.8 Å². The van der Waals surface area contributed by atoms with Crippen LogP contribution in [0.15, 0.2) is 53.5 Å². The molecule has 0 amide bonds. The highest BCUT2D eigenvalue weighted by atomic mass is 32.2. The zero-order chi connectivity index (χ0) is 21.3. The number of aryl methyl sites for hydroxylation is 1. The molecule has 2 rings (SSSR count). The van der Waals surface area contributed by atoms with Crippen molar-refractivity contribution < 1.29 is 13.2 Å². The summed E-state index contributed by atoms with van der Waals surface area (Å²) in [5, 5.41) is 6.53. The van der Waals surface area contributed by atoms with Gasteiger partial charge in [0.25, 0.3) is 0 Å². The molecule has 1 unspecified atom stereocenters. The molecule has 0 aliphatic carbocycles. The first kappa shape index (κ1) is 22.7. The largest absolute Gasteiger partial charge is 0.489 e. The third kappa shape index (κ3) is 9.00. The Balaban J connectivity index is 1.90. The molecule has 0 bridgehead atoms. The molecule has 158 valence electrons. The van der Waals surface area contributed by atoms with Gasteiger partial charge in [-0.3, -0.25) is 0 Å². The molecule has 6 nitrogen and oxygen atoms in total. The molecule has 0 saturated heterocycles. The number of guanidine groups is 1. The molecule has 0 heterocycles. The van der Waals surface area contributed by atoms with E-state index in [2.05, 4.69) is 15.6 Å². The van der Waals surface area contributed by atoms with Crippen LogP contribution in [-0.4, -0.2) is 39.8 Å². The number of rotatable bonds is 9. The van der Waals surface area contributed by atoms with Crippen molar-refractivity contribution in [2.45, 2.75) is 39.2 Å². The summed E-state index contributed by atoms with van der Waals surface area (Å²) in [7, 11) is -3.02. The van der Waals surface area contributed by atoms with E-state index in [0.29, 0.717) is 19.0 Å². The fourth-order valence-electron chi connectivity index (χ4n) is 2.76. The van der Waals surface area contributed by atoms with Gasteiger partial charge in [-0.05, 0) is 49.6 Å². The van der Waals surface area contributed by atoms with Crippen molar-refractivity contribution in [1.29, 1.82) is 0 Å². The Morgan fingerprint density at radius 3 is 2.41 bits per heavy atom. The monoisotopic (exact) mass is 417 g/mol. The first-order valence-electron chi connectivity index (χ1n) is 9.76. The van der Waals surface area contributed by atoms with E-state index >= 15 is 0 Å². The Morgan fingerprint density at radius 1 is 1.10 bits per heavy atom. The van der Waals surface area contributed by atoms with Gasteiger partial charge in [0.05, 0.1) is 18.8 Å². The minimum atomic E-state index is -3.02. The fourth-order valence-corrected chi connectivity index (χ4v) is 3.56. The summed E-state index contributed by atoms with van der Waals surface area (Å²) in [5.41, 5.74) is 2.97. The highest BCUT2D eigenvalue weighted by Crippen LogP contribution is 2.14. The SMILES string of the molecule is CCNC(=NCc1ccc(CS(C)(=O)=O)cc1)NCC(C)Oc1cccc(C)c1. The van der Waals surface area contributed by atoms with E-state index in [0.717, 1.165) is 23.4 Å². The second-order valence-electron chi connectivity index (χ2n) is 7.21. The number of benzene rings is 2. The third-order valence-corrected chi connectivity index (χ3v) is 4.96. The highest BCUT2D eigenvalue weighted by Gasteiger charge is 2.07. The Bertz CT molecular complexity index is 909. The van der Waals surface area contributed by atoms with Crippen molar-refractivity contribution in [2.24, 2.45) is 4.99 Å². The van der Waals surface area contributed by atoms with Crippen LogP contribution in [-0.2, 0) is 22.1 Å². The Hall–Kier alpha value is -2.54. The Morgan fingerprint density at radius 2 is 1.79 bits per heavy atom. The van der Waals surface area contributed by atoms with Crippen LogP contribution in [0.5, 0.6) is 5.75 Å². The van der Waals surface area contributed by atoms with E-state index in [1.165, 1.54) is 11.8 Å². The number of sulfone groups is 1. The molecule has 0 radical (unpaired) electrons. The van der Waals surface area contributed by atoms with Crippen LogP contribution in [0.1, 0.15) is 30.5 Å². The molecule has 0 fully saturated rings. The summed E-state index contributed by atoms with van der Waals surface area (Å²) < 4.78 is 28.7. The Kier molecular flexibility index (Phi) is 8.51. The molecule has 29 heavy (non-hydrogen) atoms. The standard InChI is InChI=1S/C22H31N3O3S/c1-5-23-22(24-14-18(3)28-21-8-6-7-17(2)13-21)25-15-19-9-11-20(12-10-19)16-29(4,26)27/h6-13,18H,5,14-16H2,1-4H3,(H2,23,24,25). The van der Waals surface area contributed by atoms with Crippen LogP contribution in [0.4, 0.5) is 0 Å². The molecule has 0 aromatic heterocycles. The fraction of sp³-hybridized carbons (Fsp3) is 0.409. The lowest BCUT2D eigenvalue weighted by Crippen LogP contribution is -2.41. The number of hydrogen-bond acceptors (Lipinski definition) is 4. The van der Waals surface area contributed by atoms with Crippen molar-refractivity contribution in [3.8, 4) is 5.75 Å². The molecular weight excluding hydrogens is 386 g/mol. The molecule has 2 N–H and O–H groups in total. The third-order valence-electron chi connectivity index (χ3n) is 4.10. The van der Waals surface area contributed by atoms with Gasteiger partial charge in [0, 0.05) is 12.8 Å². The number of ether oxygens (including phenoxy) is 1. The quantitative estimate of drug-likeness (QED) is 0.484. The lowest BCUT2D eigenvalue weighted by molar-refractivity contribution is 0.223. The molecule has 7 heteroatoms. The number of aliphatic imine (C=N–C) groups is 1. The van der Waals surface area contributed by atoms with Crippen molar-refractivity contribution in [3.63, 3.8) is 0 Å². The minimum Gasteiger partial charge on any atom is -0.489 e. The van der Waals surface area contributed by atoms with Gasteiger partial charge in [-0.1, -0.05) is 36.4 Å². The molecule has 0 aliphatic rings. The first-order valence-corrected chi connectivity index (χ1v) is 11.8. The van der Waals surface area contributed by atoms with Gasteiger partial charge < -0.3 is 15.4 Å². The predicted octanol–water partition coefficient (Wildman–Crippen LogP) is 3.06. The second kappa shape index (κ2) is 10.9. The van der Waals surface area contributed by atoms with Gasteiger partial charge in [-0.2, -0.15) is 0 Å². The molecule has 0 spiro atoms. The summed E-state index contributed by atoms with van der Waals surface area (Å²) in [6, 6.07) is 15.5. The Labute approximate surface area is 174 Å². The summed E-state index contributed by atoms with van der Waals surface area (Å²) in [4.78, 5) is 4.60. The smallest absolute Gasteiger partial charge is 0.191 e. The van der Waals surface area contributed by atoms with Gasteiger partial charge in [-0.25, -0.2) is 13.4 Å². The molecule has 1 atom stereocenters. The van der Waals surface area contributed by atoms with E-state index in [-0.39, 0.29) is 11.9 Å². The van der Waals surface area contributed by atoms with Crippen LogP contribution in [0.3, 0.4) is 0 Å². The van der Waals surface area contributed by atoms with Crippen LogP contribution in [0.25, 0.3) is 0 Å². The van der Waals surface area contributed by atoms with Crippen LogP contribution in [0.2, 0.25) is 0 Å². The van der Waals surface area contributed by atoms with E-state index in [1.807, 2.05) is 69.3 Å². The number of nitrogens with zero attached hydrogens (tertiary/aromatic N) is 1. The summed E-state index contributed by atoms with van der Waals surface area (Å²) >= 11 is 0. The van der Waals surface area contributed by atoms with E-state index in [9.17, 15) is 8.42 Å². The summed E-state index contributed by atoms with van der Waals surface area (Å²) in [6.07, 6.45) is 1.22. The molecule has 2 aromatic rings. The average Bonchev–Trinajstić information content (AvgIpc) is 2.64. The highest BCUT2D eigenvalue weighted by molar-refractivity contribution is 7.89. The topological polar surface area (TPSA) is 79.8 Å². The molecule has 0 saturated carbocycles. The van der Waals surface area contributed by atoms with Crippen LogP contribution < -0.4 is 15.4 Å². The summed E-state index contributed by atoms with van der Waals surface area (Å²) in [5.74, 6) is 1.63. The predicted molar refractivity (Wildman–Crippen MR) is 119 cm³/mol. The van der Waals surface area contributed by atoms with Gasteiger partial charge >= 0.3 is 0 Å². The minimum absolute atomic E-state index is 0.0177. The number of hydrogen-bond donors (Lipinski definition) is 2. The van der Waals surface area contributed by atoms with Gasteiger partial charge in [-0.15, -0.1) is 0 Å². The zero-order valence-corrected chi connectivity index (χ0v) is 18.4. The molecule has 2 aromatic carbocycles. The second-order valence-corrected chi connectivity index (χ2v) is 9.35. The maximum atomic E-state index is 11.4. The molecular formula is C22H31N3O3S. The van der Waals surface area contributed by atoms with Crippen molar-refractivity contribution in [3.05, 3.63) is 65.2 Å². The zero-order valence-electron chi connectivity index (χ0n) is 17.6. The normalized spacial score (nSPS) is 13.0. The first-order chi connectivity index (χ1) is 13.7. The maximum Gasteiger partial charge on any atom is 0.191 e. The summed E-state index contributed by atoms with van der Waals surface area (Å²) in [6.45, 7) is 7.95. The van der Waals surface area contributed by atoms with Gasteiger partial charge in [0.15, 0.2) is 15.8 Å². The molecule has 0 aliphatic heterocycles. The number of nitrogens with one attached hydrogen (secondary N) is 2. The van der Waals surface area contributed by atoms with Gasteiger partial charge in [0.1, 0.15) is 11.9 Å². The van der Waals surface area contributed by atoms with E-state index in [4.69, 9.17) is 4.74 Å². The maximum absolute atomic E-state index is 11.4. The lowest BCUT2D eigenvalue weighted by Gasteiger charge is -2.18. The van der Waals surface area contributed by atoms with Gasteiger partial charge in [0.2, 0.25) is 0 Å². The van der Waals surface area contributed by atoms with E-state index in [1.54, 1.807) is 0 Å². The van der Waals surface area contributed by atoms with Crippen LogP contribution in [0, 0.1) is 6.92 Å². The van der Waals surface area contributed by atoms with Crippen molar-refractivity contribution in [1.82, 2.24) is 10.6 Å². The average molecular weight is 418 g/mol. The van der Waals surface area contributed by atoms with Crippen molar-refractivity contribution in [2.75, 3.05) is 19.3 Å². The van der Waals surface area contributed by atoms with E-state index < -0.39 is 9.84 Å². The lowest BCUT2D eigenvalue weighted by atomic mass is 10.1. The van der Waals surface area contributed by atoms with Crippen LogP contribution >= 0.6 is 0 Å².